The number of pyridine rings is 1. The summed E-state index contributed by atoms with van der Waals surface area (Å²) in [5.74, 6) is 3.83. The molecule has 5 nitrogen and oxygen atoms in total. The van der Waals surface area contributed by atoms with Gasteiger partial charge in [0.25, 0.3) is 5.89 Å². The molecule has 1 saturated carbocycles. The molecular formula is C18H24N4O. The zero-order valence-corrected chi connectivity index (χ0v) is 13.7. The van der Waals surface area contributed by atoms with Crippen LogP contribution < -0.4 is 4.90 Å². The third-order valence-corrected chi connectivity index (χ3v) is 5.26. The van der Waals surface area contributed by atoms with Crippen LogP contribution in [-0.4, -0.2) is 28.2 Å². The number of hydrogen-bond donors (Lipinski definition) is 0. The van der Waals surface area contributed by atoms with Gasteiger partial charge in [-0.3, -0.25) is 0 Å². The number of piperidine rings is 1. The van der Waals surface area contributed by atoms with Crippen molar-refractivity contribution in [3.8, 4) is 11.5 Å². The van der Waals surface area contributed by atoms with Crippen molar-refractivity contribution < 1.29 is 4.52 Å². The van der Waals surface area contributed by atoms with E-state index in [0.29, 0.717) is 11.8 Å². The van der Waals surface area contributed by atoms with Gasteiger partial charge in [0, 0.05) is 25.2 Å². The average Bonchev–Trinajstić information content (AvgIpc) is 3.27. The summed E-state index contributed by atoms with van der Waals surface area (Å²) >= 11 is 0. The van der Waals surface area contributed by atoms with Gasteiger partial charge in [-0.05, 0) is 43.7 Å². The summed E-state index contributed by atoms with van der Waals surface area (Å²) in [4.78, 5) is 11.6. The molecule has 3 heterocycles. The van der Waals surface area contributed by atoms with Gasteiger partial charge in [-0.1, -0.05) is 24.9 Å². The van der Waals surface area contributed by atoms with Crippen LogP contribution in [0.15, 0.2) is 22.9 Å². The van der Waals surface area contributed by atoms with Gasteiger partial charge in [-0.2, -0.15) is 4.98 Å². The van der Waals surface area contributed by atoms with E-state index < -0.39 is 0 Å². The van der Waals surface area contributed by atoms with Crippen molar-refractivity contribution in [1.82, 2.24) is 15.1 Å². The van der Waals surface area contributed by atoms with Gasteiger partial charge in [-0.25, -0.2) is 4.98 Å². The van der Waals surface area contributed by atoms with Gasteiger partial charge in [-0.15, -0.1) is 0 Å². The largest absolute Gasteiger partial charge is 0.357 e. The minimum Gasteiger partial charge on any atom is -0.357 e. The predicted octanol–water partition coefficient (Wildman–Crippen LogP) is 4.03. The van der Waals surface area contributed by atoms with E-state index in [2.05, 4.69) is 33.0 Å². The van der Waals surface area contributed by atoms with E-state index in [1.54, 1.807) is 0 Å². The molecule has 0 aromatic carbocycles. The molecule has 0 N–H and O–H groups in total. The Morgan fingerprint density at radius 1 is 1.09 bits per heavy atom. The average molecular weight is 312 g/mol. The van der Waals surface area contributed by atoms with Gasteiger partial charge >= 0.3 is 0 Å². The highest BCUT2D eigenvalue weighted by Crippen LogP contribution is 2.33. The molecule has 122 valence electrons. The van der Waals surface area contributed by atoms with Crippen LogP contribution >= 0.6 is 0 Å². The molecule has 1 aliphatic heterocycles. The molecule has 2 aliphatic rings. The highest BCUT2D eigenvalue weighted by atomic mass is 16.5. The molecular weight excluding hydrogens is 288 g/mol. The number of hydrogen-bond acceptors (Lipinski definition) is 5. The Morgan fingerprint density at radius 3 is 2.57 bits per heavy atom. The second-order valence-electron chi connectivity index (χ2n) is 7.01. The van der Waals surface area contributed by atoms with Crippen molar-refractivity contribution in [2.24, 2.45) is 5.92 Å². The number of anilines is 1. The van der Waals surface area contributed by atoms with E-state index in [4.69, 9.17) is 4.52 Å². The van der Waals surface area contributed by atoms with Crippen LogP contribution in [-0.2, 0) is 0 Å². The third kappa shape index (κ3) is 3.09. The molecule has 2 aromatic heterocycles. The molecule has 0 spiro atoms. The Hall–Kier alpha value is -1.91. The molecule has 0 amide bonds. The van der Waals surface area contributed by atoms with E-state index in [1.165, 1.54) is 38.5 Å². The molecule has 0 atom stereocenters. The Morgan fingerprint density at radius 2 is 1.87 bits per heavy atom. The molecule has 1 saturated heterocycles. The van der Waals surface area contributed by atoms with E-state index in [9.17, 15) is 0 Å². The first-order chi connectivity index (χ1) is 11.3. The van der Waals surface area contributed by atoms with Gasteiger partial charge < -0.3 is 9.42 Å². The summed E-state index contributed by atoms with van der Waals surface area (Å²) in [6, 6.07) is 4.12. The number of aromatic nitrogens is 3. The smallest absolute Gasteiger partial charge is 0.259 e. The lowest BCUT2D eigenvalue weighted by Crippen LogP contribution is -2.33. The lowest BCUT2D eigenvalue weighted by molar-refractivity contribution is 0.415. The van der Waals surface area contributed by atoms with Crippen molar-refractivity contribution in [1.29, 1.82) is 0 Å². The maximum absolute atomic E-state index is 5.45. The number of nitrogens with zero attached hydrogens (tertiary/aromatic N) is 4. The molecule has 23 heavy (non-hydrogen) atoms. The molecule has 0 bridgehead atoms. The molecule has 2 fully saturated rings. The maximum atomic E-state index is 5.45. The van der Waals surface area contributed by atoms with Gasteiger partial charge in [0.15, 0.2) is 5.82 Å². The molecule has 0 unspecified atom stereocenters. The fraction of sp³-hybridized carbons (Fsp3) is 0.611. The fourth-order valence-electron chi connectivity index (χ4n) is 3.64. The Balaban J connectivity index is 1.47. The molecule has 4 rings (SSSR count). The predicted molar refractivity (Wildman–Crippen MR) is 89.3 cm³/mol. The SMILES string of the molecule is CC1CCN(c2ccc(-c3nc(C4CCCC4)no3)cn2)CC1. The second-order valence-corrected chi connectivity index (χ2v) is 7.01. The van der Waals surface area contributed by atoms with Crippen LogP contribution in [0.5, 0.6) is 0 Å². The lowest BCUT2D eigenvalue weighted by atomic mass is 9.99. The summed E-state index contributed by atoms with van der Waals surface area (Å²) in [5, 5.41) is 4.17. The highest BCUT2D eigenvalue weighted by molar-refractivity contribution is 5.54. The van der Waals surface area contributed by atoms with E-state index >= 15 is 0 Å². The summed E-state index contributed by atoms with van der Waals surface area (Å²) in [7, 11) is 0. The van der Waals surface area contributed by atoms with Crippen LogP contribution in [0, 0.1) is 5.92 Å². The molecule has 1 aliphatic carbocycles. The maximum Gasteiger partial charge on any atom is 0.259 e. The summed E-state index contributed by atoms with van der Waals surface area (Å²) in [6.07, 6.45) is 9.28. The van der Waals surface area contributed by atoms with Crippen molar-refractivity contribution >= 4 is 5.82 Å². The van der Waals surface area contributed by atoms with E-state index in [-0.39, 0.29) is 0 Å². The van der Waals surface area contributed by atoms with Crippen LogP contribution in [0.1, 0.15) is 57.2 Å². The summed E-state index contributed by atoms with van der Waals surface area (Å²) in [6.45, 7) is 4.52. The summed E-state index contributed by atoms with van der Waals surface area (Å²) < 4.78 is 5.45. The molecule has 0 radical (unpaired) electrons. The normalized spacial score (nSPS) is 20.3. The second kappa shape index (κ2) is 6.30. The topological polar surface area (TPSA) is 55.1 Å². The number of rotatable bonds is 3. The third-order valence-electron chi connectivity index (χ3n) is 5.26. The standard InChI is InChI=1S/C18H24N4O/c1-13-8-10-22(11-9-13)16-7-6-15(12-19-16)18-20-17(21-23-18)14-4-2-3-5-14/h6-7,12-14H,2-5,8-11H2,1H3. The lowest BCUT2D eigenvalue weighted by Gasteiger charge is -2.31. The van der Waals surface area contributed by atoms with Crippen molar-refractivity contribution in [3.05, 3.63) is 24.2 Å². The van der Waals surface area contributed by atoms with Crippen LogP contribution in [0.25, 0.3) is 11.5 Å². The first kappa shape index (κ1) is 14.7. The van der Waals surface area contributed by atoms with E-state index in [1.807, 2.05) is 12.3 Å². The molecule has 2 aromatic rings. The first-order valence-corrected chi connectivity index (χ1v) is 8.84. The fourth-order valence-corrected chi connectivity index (χ4v) is 3.64. The van der Waals surface area contributed by atoms with Gasteiger partial charge in [0.1, 0.15) is 5.82 Å². The Labute approximate surface area is 137 Å². The van der Waals surface area contributed by atoms with Gasteiger partial charge in [0.05, 0.1) is 5.56 Å². The molecule has 5 heteroatoms. The van der Waals surface area contributed by atoms with Crippen LogP contribution in [0.3, 0.4) is 0 Å². The quantitative estimate of drug-likeness (QED) is 0.856. The monoisotopic (exact) mass is 312 g/mol. The van der Waals surface area contributed by atoms with Crippen molar-refractivity contribution in [2.75, 3.05) is 18.0 Å². The minimum atomic E-state index is 0.482. The van der Waals surface area contributed by atoms with Gasteiger partial charge in [0.2, 0.25) is 0 Å². The zero-order chi connectivity index (χ0) is 15.6. The highest BCUT2D eigenvalue weighted by Gasteiger charge is 2.23. The van der Waals surface area contributed by atoms with E-state index in [0.717, 1.165) is 36.2 Å². The van der Waals surface area contributed by atoms with Crippen molar-refractivity contribution in [3.63, 3.8) is 0 Å². The Kier molecular flexibility index (Phi) is 4.02. The van der Waals surface area contributed by atoms with Crippen LogP contribution in [0.4, 0.5) is 5.82 Å². The zero-order valence-electron chi connectivity index (χ0n) is 13.7. The van der Waals surface area contributed by atoms with Crippen LogP contribution in [0.2, 0.25) is 0 Å². The Bertz CT molecular complexity index is 637. The minimum absolute atomic E-state index is 0.482. The van der Waals surface area contributed by atoms with Crippen molar-refractivity contribution in [2.45, 2.75) is 51.4 Å². The first-order valence-electron chi connectivity index (χ1n) is 8.84. The summed E-state index contributed by atoms with van der Waals surface area (Å²) in [5.41, 5.74) is 0.913.